The lowest BCUT2D eigenvalue weighted by atomic mass is 10.1. The van der Waals surface area contributed by atoms with Gasteiger partial charge in [-0.2, -0.15) is 0 Å². The van der Waals surface area contributed by atoms with Gasteiger partial charge in [0.15, 0.2) is 11.5 Å². The molecule has 1 saturated heterocycles. The third kappa shape index (κ3) is 4.99. The molecule has 1 amide bonds. The fraction of sp³-hybridized carbons (Fsp3) is 0.364. The number of carbonyl (C=O) groups is 2. The lowest BCUT2D eigenvalue weighted by Gasteiger charge is -2.36. The molecule has 0 aromatic heterocycles. The number of ether oxygens (including phenoxy) is 3. The highest BCUT2D eigenvalue weighted by atomic mass is 16.5. The summed E-state index contributed by atoms with van der Waals surface area (Å²) in [4.78, 5) is 27.7. The molecule has 1 aliphatic heterocycles. The van der Waals surface area contributed by atoms with E-state index in [4.69, 9.17) is 14.2 Å². The van der Waals surface area contributed by atoms with E-state index in [0.717, 1.165) is 11.3 Å². The first-order valence-electron chi connectivity index (χ1n) is 9.55. The highest BCUT2D eigenvalue weighted by Crippen LogP contribution is 2.32. The average molecular weight is 398 g/mol. The van der Waals surface area contributed by atoms with Crippen LogP contribution in [0.4, 0.5) is 5.69 Å². The Labute approximate surface area is 170 Å². The maximum atomic E-state index is 12.8. The van der Waals surface area contributed by atoms with Gasteiger partial charge in [-0.3, -0.25) is 9.59 Å². The van der Waals surface area contributed by atoms with Crippen molar-refractivity contribution in [1.82, 2.24) is 4.90 Å². The smallest absolute Gasteiger partial charge is 0.293 e. The summed E-state index contributed by atoms with van der Waals surface area (Å²) in [6.07, 6.45) is -0.427. The van der Waals surface area contributed by atoms with Crippen LogP contribution >= 0.6 is 0 Å². The Morgan fingerprint density at radius 3 is 2.31 bits per heavy atom. The summed E-state index contributed by atoms with van der Waals surface area (Å²) in [5.41, 5.74) is 1.85. The van der Waals surface area contributed by atoms with Crippen molar-refractivity contribution < 1.29 is 23.8 Å². The van der Waals surface area contributed by atoms with Crippen LogP contribution in [-0.4, -0.2) is 57.7 Å². The van der Waals surface area contributed by atoms with E-state index in [1.807, 2.05) is 53.4 Å². The van der Waals surface area contributed by atoms with Crippen molar-refractivity contribution in [3.8, 4) is 11.5 Å². The maximum absolute atomic E-state index is 12.8. The summed E-state index contributed by atoms with van der Waals surface area (Å²) in [6, 6.07) is 15.1. The summed E-state index contributed by atoms with van der Waals surface area (Å²) in [7, 11) is 3.22. The highest BCUT2D eigenvalue weighted by molar-refractivity contribution is 5.77. The molecular weight excluding hydrogens is 372 g/mol. The molecule has 0 saturated carbocycles. The molecule has 0 N–H and O–H groups in total. The molecular formula is C22H26N2O5. The van der Waals surface area contributed by atoms with Gasteiger partial charge in [-0.25, -0.2) is 0 Å². The maximum Gasteiger partial charge on any atom is 0.293 e. The molecule has 0 spiro atoms. The summed E-state index contributed by atoms with van der Waals surface area (Å²) in [5, 5.41) is 0. The standard InChI is InChI=1S/C22H26N2O5/c1-27-19-9-8-18(14-21(19)28-2)23-10-12-24(13-11-23)22(26)15-20(29-16-25)17-6-4-3-5-7-17/h3-9,14,16,20H,10-13,15H2,1-2H3. The SMILES string of the molecule is COc1ccc(N2CCN(C(=O)CC(OC=O)c3ccccc3)CC2)cc1OC. The second kappa shape index (κ2) is 9.82. The minimum atomic E-state index is -0.565. The molecule has 2 aromatic rings. The fourth-order valence-corrected chi connectivity index (χ4v) is 3.50. The number of amides is 1. The fourth-order valence-electron chi connectivity index (χ4n) is 3.50. The molecule has 7 heteroatoms. The molecule has 0 bridgehead atoms. The van der Waals surface area contributed by atoms with Gasteiger partial charge >= 0.3 is 0 Å². The zero-order valence-electron chi connectivity index (χ0n) is 16.7. The van der Waals surface area contributed by atoms with Crippen molar-refractivity contribution in [3.05, 3.63) is 54.1 Å². The zero-order chi connectivity index (χ0) is 20.6. The molecule has 1 unspecified atom stereocenters. The molecule has 154 valence electrons. The van der Waals surface area contributed by atoms with Crippen LogP contribution in [0, 0.1) is 0 Å². The summed E-state index contributed by atoms with van der Waals surface area (Å²) in [5.74, 6) is 1.35. The number of piperazine rings is 1. The molecule has 3 rings (SSSR count). The van der Waals surface area contributed by atoms with E-state index in [1.165, 1.54) is 0 Å². The second-order valence-electron chi connectivity index (χ2n) is 6.74. The zero-order valence-corrected chi connectivity index (χ0v) is 16.7. The van der Waals surface area contributed by atoms with Crippen LogP contribution in [0.25, 0.3) is 0 Å². The summed E-state index contributed by atoms with van der Waals surface area (Å²) < 4.78 is 15.8. The molecule has 29 heavy (non-hydrogen) atoms. The van der Waals surface area contributed by atoms with Gasteiger partial charge < -0.3 is 24.0 Å². The van der Waals surface area contributed by atoms with E-state index >= 15 is 0 Å². The van der Waals surface area contributed by atoms with Crippen molar-refractivity contribution in [1.29, 1.82) is 0 Å². The normalized spacial score (nSPS) is 14.8. The lowest BCUT2D eigenvalue weighted by Crippen LogP contribution is -2.49. The summed E-state index contributed by atoms with van der Waals surface area (Å²) >= 11 is 0. The van der Waals surface area contributed by atoms with Gasteiger partial charge in [-0.05, 0) is 17.7 Å². The Balaban J connectivity index is 1.60. The molecule has 0 radical (unpaired) electrons. The number of methoxy groups -OCH3 is 2. The van der Waals surface area contributed by atoms with E-state index in [1.54, 1.807) is 14.2 Å². The Kier molecular flexibility index (Phi) is 6.94. The van der Waals surface area contributed by atoms with Crippen molar-refractivity contribution in [2.45, 2.75) is 12.5 Å². The minimum absolute atomic E-state index is 0.0207. The predicted octanol–water partition coefficient (Wildman–Crippen LogP) is 2.66. The van der Waals surface area contributed by atoms with Crippen molar-refractivity contribution >= 4 is 18.1 Å². The average Bonchev–Trinajstić information content (AvgIpc) is 2.79. The number of rotatable bonds is 8. The Bertz CT molecular complexity index is 819. The monoisotopic (exact) mass is 398 g/mol. The third-order valence-corrected chi connectivity index (χ3v) is 5.12. The van der Waals surface area contributed by atoms with Crippen molar-refractivity contribution in [3.63, 3.8) is 0 Å². The van der Waals surface area contributed by atoms with Gasteiger partial charge in [0, 0.05) is 37.9 Å². The number of anilines is 1. The van der Waals surface area contributed by atoms with Gasteiger partial charge in [0.05, 0.1) is 20.6 Å². The Hall–Kier alpha value is -3.22. The van der Waals surface area contributed by atoms with Gasteiger partial charge in [0.2, 0.25) is 5.91 Å². The van der Waals surface area contributed by atoms with Crippen LogP contribution in [0.15, 0.2) is 48.5 Å². The number of benzene rings is 2. The quantitative estimate of drug-likeness (QED) is 0.637. The van der Waals surface area contributed by atoms with Crippen LogP contribution in [0.3, 0.4) is 0 Å². The second-order valence-corrected chi connectivity index (χ2v) is 6.74. The van der Waals surface area contributed by atoms with E-state index in [-0.39, 0.29) is 12.3 Å². The number of carbonyl (C=O) groups excluding carboxylic acids is 2. The number of hydrogen-bond acceptors (Lipinski definition) is 6. The molecule has 1 atom stereocenters. The largest absolute Gasteiger partial charge is 0.493 e. The van der Waals surface area contributed by atoms with Gasteiger partial charge in [-0.1, -0.05) is 30.3 Å². The van der Waals surface area contributed by atoms with E-state index < -0.39 is 6.10 Å². The highest BCUT2D eigenvalue weighted by Gasteiger charge is 2.25. The molecule has 2 aromatic carbocycles. The van der Waals surface area contributed by atoms with Crippen LogP contribution in [0.2, 0.25) is 0 Å². The van der Waals surface area contributed by atoms with Crippen LogP contribution in [-0.2, 0) is 14.3 Å². The first-order valence-corrected chi connectivity index (χ1v) is 9.55. The molecule has 1 heterocycles. The van der Waals surface area contributed by atoms with Crippen LogP contribution < -0.4 is 14.4 Å². The van der Waals surface area contributed by atoms with Crippen molar-refractivity contribution in [2.75, 3.05) is 45.3 Å². The van der Waals surface area contributed by atoms with Gasteiger partial charge in [0.1, 0.15) is 6.10 Å². The lowest BCUT2D eigenvalue weighted by molar-refractivity contribution is -0.140. The number of nitrogens with zero attached hydrogens (tertiary/aromatic N) is 2. The van der Waals surface area contributed by atoms with Gasteiger partial charge in [0.25, 0.3) is 6.47 Å². The van der Waals surface area contributed by atoms with E-state index in [2.05, 4.69) is 4.90 Å². The molecule has 1 fully saturated rings. The molecule has 0 aliphatic carbocycles. The molecule has 7 nitrogen and oxygen atoms in total. The minimum Gasteiger partial charge on any atom is -0.493 e. The Morgan fingerprint density at radius 1 is 1.00 bits per heavy atom. The first kappa shape index (κ1) is 20.5. The topological polar surface area (TPSA) is 68.3 Å². The van der Waals surface area contributed by atoms with E-state index in [9.17, 15) is 9.59 Å². The summed E-state index contributed by atoms with van der Waals surface area (Å²) in [6.45, 7) is 3.04. The third-order valence-electron chi connectivity index (χ3n) is 5.12. The van der Waals surface area contributed by atoms with Gasteiger partial charge in [-0.15, -0.1) is 0 Å². The Morgan fingerprint density at radius 2 is 1.69 bits per heavy atom. The number of hydrogen-bond donors (Lipinski definition) is 0. The predicted molar refractivity (Wildman–Crippen MR) is 109 cm³/mol. The van der Waals surface area contributed by atoms with Crippen LogP contribution in [0.5, 0.6) is 11.5 Å². The molecule has 1 aliphatic rings. The van der Waals surface area contributed by atoms with Crippen molar-refractivity contribution in [2.24, 2.45) is 0 Å². The first-order chi connectivity index (χ1) is 14.2. The van der Waals surface area contributed by atoms with Crippen LogP contribution in [0.1, 0.15) is 18.1 Å². The van der Waals surface area contributed by atoms with E-state index in [0.29, 0.717) is 44.2 Å².